The lowest BCUT2D eigenvalue weighted by Gasteiger charge is -2.45. The third kappa shape index (κ3) is 3.01. The molecule has 0 amide bonds. The molecule has 0 aromatic heterocycles. The Morgan fingerprint density at radius 3 is 2.47 bits per heavy atom. The Morgan fingerprint density at radius 1 is 1.18 bits per heavy atom. The maximum absolute atomic E-state index is 9.77. The van der Waals surface area contributed by atoms with E-state index in [1.807, 2.05) is 18.2 Å². The van der Waals surface area contributed by atoms with Crippen LogP contribution in [-0.4, -0.2) is 17.3 Å². The van der Waals surface area contributed by atoms with E-state index in [-0.39, 0.29) is 12.1 Å². The summed E-state index contributed by atoms with van der Waals surface area (Å²) in [6.45, 7) is 4.80. The summed E-state index contributed by atoms with van der Waals surface area (Å²) < 4.78 is 0. The molecule has 0 aliphatic heterocycles. The lowest BCUT2D eigenvalue weighted by molar-refractivity contribution is 0.105. The molecule has 1 aliphatic carbocycles. The highest BCUT2D eigenvalue weighted by Crippen LogP contribution is 2.42. The Bertz CT molecular complexity index is 360. The Kier molecular flexibility index (Phi) is 3.43. The van der Waals surface area contributed by atoms with Crippen molar-refractivity contribution in [3.8, 4) is 0 Å². The number of hydrogen-bond acceptors (Lipinski definition) is 2. The molecular formula is C15H23NO. The van der Waals surface area contributed by atoms with Crippen LogP contribution in [0.15, 0.2) is 30.3 Å². The Balaban J connectivity index is 2.14. The molecule has 2 N–H and O–H groups in total. The van der Waals surface area contributed by atoms with Crippen molar-refractivity contribution in [1.29, 1.82) is 0 Å². The van der Waals surface area contributed by atoms with Crippen LogP contribution in [0.3, 0.4) is 0 Å². The van der Waals surface area contributed by atoms with E-state index in [2.05, 4.69) is 31.3 Å². The highest BCUT2D eigenvalue weighted by Gasteiger charge is 2.39. The van der Waals surface area contributed by atoms with Crippen molar-refractivity contribution >= 4 is 5.69 Å². The standard InChI is InChI=1S/C15H23NO/c1-14(2)9-6-10-15(11-14,12-17)16-13-7-4-3-5-8-13/h3-5,7-8,16-17H,6,9-12H2,1-2H3. The van der Waals surface area contributed by atoms with E-state index in [4.69, 9.17) is 0 Å². The second kappa shape index (κ2) is 4.69. The van der Waals surface area contributed by atoms with Crippen molar-refractivity contribution in [3.63, 3.8) is 0 Å². The van der Waals surface area contributed by atoms with Crippen molar-refractivity contribution in [2.75, 3.05) is 11.9 Å². The Hall–Kier alpha value is -1.02. The van der Waals surface area contributed by atoms with Crippen LogP contribution in [0.4, 0.5) is 5.69 Å². The number of nitrogens with one attached hydrogen (secondary N) is 1. The third-order valence-corrected chi connectivity index (χ3v) is 3.81. The van der Waals surface area contributed by atoms with E-state index < -0.39 is 0 Å². The predicted octanol–water partition coefficient (Wildman–Crippen LogP) is 3.43. The van der Waals surface area contributed by atoms with Gasteiger partial charge in [-0.25, -0.2) is 0 Å². The van der Waals surface area contributed by atoms with E-state index in [1.165, 1.54) is 12.8 Å². The highest BCUT2D eigenvalue weighted by molar-refractivity contribution is 5.45. The number of rotatable bonds is 3. The number of anilines is 1. The monoisotopic (exact) mass is 233 g/mol. The molecule has 0 heterocycles. The van der Waals surface area contributed by atoms with E-state index in [1.54, 1.807) is 0 Å². The third-order valence-electron chi connectivity index (χ3n) is 3.81. The summed E-state index contributed by atoms with van der Waals surface area (Å²) >= 11 is 0. The van der Waals surface area contributed by atoms with Crippen LogP contribution in [0.5, 0.6) is 0 Å². The van der Waals surface area contributed by atoms with Crippen molar-refractivity contribution in [2.24, 2.45) is 5.41 Å². The predicted molar refractivity (Wildman–Crippen MR) is 72.1 cm³/mol. The number of para-hydroxylation sites is 1. The summed E-state index contributed by atoms with van der Waals surface area (Å²) in [7, 11) is 0. The SMILES string of the molecule is CC1(C)CCCC(CO)(Nc2ccccc2)C1. The summed E-state index contributed by atoms with van der Waals surface area (Å²) in [6.07, 6.45) is 4.53. The first-order chi connectivity index (χ1) is 8.05. The van der Waals surface area contributed by atoms with Gasteiger partial charge in [0.25, 0.3) is 0 Å². The van der Waals surface area contributed by atoms with Crippen LogP contribution in [0.2, 0.25) is 0 Å². The molecule has 1 atom stereocenters. The molecular weight excluding hydrogens is 210 g/mol. The maximum Gasteiger partial charge on any atom is 0.0661 e. The molecule has 0 saturated heterocycles. The zero-order valence-corrected chi connectivity index (χ0v) is 10.9. The fourth-order valence-corrected chi connectivity index (χ4v) is 3.11. The van der Waals surface area contributed by atoms with Crippen LogP contribution in [-0.2, 0) is 0 Å². The number of hydrogen-bond donors (Lipinski definition) is 2. The van der Waals surface area contributed by atoms with Gasteiger partial charge in [0, 0.05) is 5.69 Å². The molecule has 2 heteroatoms. The van der Waals surface area contributed by atoms with E-state index >= 15 is 0 Å². The van der Waals surface area contributed by atoms with Crippen molar-refractivity contribution in [3.05, 3.63) is 30.3 Å². The van der Waals surface area contributed by atoms with Gasteiger partial charge in [-0.2, -0.15) is 0 Å². The topological polar surface area (TPSA) is 32.3 Å². The van der Waals surface area contributed by atoms with Gasteiger partial charge in [0.2, 0.25) is 0 Å². The van der Waals surface area contributed by atoms with Crippen molar-refractivity contribution in [1.82, 2.24) is 0 Å². The molecule has 1 aliphatic rings. The molecule has 0 spiro atoms. The molecule has 1 fully saturated rings. The lowest BCUT2D eigenvalue weighted by atomic mass is 9.68. The molecule has 2 nitrogen and oxygen atoms in total. The molecule has 17 heavy (non-hydrogen) atoms. The van der Waals surface area contributed by atoms with Crippen LogP contribution in [0.1, 0.15) is 39.5 Å². The van der Waals surface area contributed by atoms with Crippen LogP contribution in [0.25, 0.3) is 0 Å². The summed E-state index contributed by atoms with van der Waals surface area (Å²) in [5.41, 5.74) is 1.30. The molecule has 1 unspecified atom stereocenters. The van der Waals surface area contributed by atoms with Gasteiger partial charge in [0.1, 0.15) is 0 Å². The summed E-state index contributed by atoms with van der Waals surface area (Å²) in [5, 5.41) is 13.3. The van der Waals surface area contributed by atoms with E-state index in [0.717, 1.165) is 18.5 Å². The van der Waals surface area contributed by atoms with Gasteiger partial charge in [0.05, 0.1) is 12.1 Å². The van der Waals surface area contributed by atoms with Gasteiger partial charge in [-0.1, -0.05) is 38.5 Å². The van der Waals surface area contributed by atoms with Gasteiger partial charge in [-0.05, 0) is 36.8 Å². The quantitative estimate of drug-likeness (QED) is 0.838. The zero-order valence-electron chi connectivity index (χ0n) is 10.9. The number of aliphatic hydroxyl groups is 1. The summed E-state index contributed by atoms with van der Waals surface area (Å²) in [4.78, 5) is 0. The maximum atomic E-state index is 9.77. The second-order valence-electron chi connectivity index (χ2n) is 6.12. The molecule has 2 rings (SSSR count). The van der Waals surface area contributed by atoms with Crippen LogP contribution >= 0.6 is 0 Å². The molecule has 1 aromatic carbocycles. The minimum atomic E-state index is -0.136. The Morgan fingerprint density at radius 2 is 1.88 bits per heavy atom. The van der Waals surface area contributed by atoms with E-state index in [0.29, 0.717) is 5.41 Å². The second-order valence-corrected chi connectivity index (χ2v) is 6.12. The number of aliphatic hydroxyl groups excluding tert-OH is 1. The minimum absolute atomic E-state index is 0.136. The normalized spacial score (nSPS) is 27.7. The first-order valence-corrected chi connectivity index (χ1v) is 6.49. The van der Waals surface area contributed by atoms with Gasteiger partial charge < -0.3 is 10.4 Å². The zero-order chi connectivity index (χ0) is 12.4. The van der Waals surface area contributed by atoms with Crippen LogP contribution < -0.4 is 5.32 Å². The van der Waals surface area contributed by atoms with Gasteiger partial charge >= 0.3 is 0 Å². The minimum Gasteiger partial charge on any atom is -0.394 e. The molecule has 0 radical (unpaired) electrons. The fourth-order valence-electron chi connectivity index (χ4n) is 3.11. The Labute approximate surface area is 104 Å². The lowest BCUT2D eigenvalue weighted by Crippen LogP contribution is -2.48. The average Bonchev–Trinajstić information content (AvgIpc) is 2.29. The number of benzene rings is 1. The smallest absolute Gasteiger partial charge is 0.0661 e. The van der Waals surface area contributed by atoms with Gasteiger partial charge in [-0.15, -0.1) is 0 Å². The fraction of sp³-hybridized carbons (Fsp3) is 0.600. The first-order valence-electron chi connectivity index (χ1n) is 6.49. The van der Waals surface area contributed by atoms with Crippen LogP contribution in [0, 0.1) is 5.41 Å². The highest BCUT2D eigenvalue weighted by atomic mass is 16.3. The average molecular weight is 233 g/mol. The van der Waals surface area contributed by atoms with Gasteiger partial charge in [-0.3, -0.25) is 0 Å². The van der Waals surface area contributed by atoms with Crippen molar-refractivity contribution in [2.45, 2.75) is 45.1 Å². The first kappa shape index (κ1) is 12.4. The summed E-state index contributed by atoms with van der Waals surface area (Å²) in [6, 6.07) is 10.2. The molecule has 1 aromatic rings. The van der Waals surface area contributed by atoms with Gasteiger partial charge in [0.15, 0.2) is 0 Å². The summed E-state index contributed by atoms with van der Waals surface area (Å²) in [5.74, 6) is 0. The molecule has 1 saturated carbocycles. The molecule has 94 valence electrons. The largest absolute Gasteiger partial charge is 0.394 e. The van der Waals surface area contributed by atoms with Crippen molar-refractivity contribution < 1.29 is 5.11 Å². The molecule has 0 bridgehead atoms. The van der Waals surface area contributed by atoms with E-state index in [9.17, 15) is 5.11 Å².